The van der Waals surface area contributed by atoms with E-state index in [-0.39, 0.29) is 36.3 Å². The molecule has 5 nitrogen and oxygen atoms in total. The van der Waals surface area contributed by atoms with Crippen molar-refractivity contribution in [2.45, 2.75) is 52.1 Å². The van der Waals surface area contributed by atoms with Gasteiger partial charge in [0.15, 0.2) is 0 Å². The second kappa shape index (κ2) is 8.27. The van der Waals surface area contributed by atoms with E-state index in [9.17, 15) is 9.59 Å². The van der Waals surface area contributed by atoms with Gasteiger partial charge in [-0.05, 0) is 31.1 Å². The van der Waals surface area contributed by atoms with Gasteiger partial charge in [0.1, 0.15) is 0 Å². The molecule has 0 bridgehead atoms. The first-order valence-corrected chi connectivity index (χ1v) is 6.76. The van der Waals surface area contributed by atoms with Crippen LogP contribution in [0.2, 0.25) is 0 Å². The van der Waals surface area contributed by atoms with E-state index in [1.807, 2.05) is 0 Å². The van der Waals surface area contributed by atoms with Gasteiger partial charge < -0.3 is 16.2 Å². The standard InChI is InChI=1S/C14H24N2O3.ClH/c1-8(2)6-13(16-9(3)17)11-5-4-10(14(18)19)7-12(11)15;/h4,8,11-13H,5-7,15H2,1-3H3,(H,16,17)(H,18,19);1H. The molecular weight excluding hydrogens is 280 g/mol. The molecule has 0 aliphatic heterocycles. The molecule has 0 spiro atoms. The van der Waals surface area contributed by atoms with E-state index in [0.717, 1.165) is 6.42 Å². The molecule has 1 rings (SSSR count). The smallest absolute Gasteiger partial charge is 0.331 e. The Balaban J connectivity index is 0.00000361. The van der Waals surface area contributed by atoms with Crippen LogP contribution in [0.4, 0.5) is 0 Å². The Morgan fingerprint density at radius 1 is 1.50 bits per heavy atom. The lowest BCUT2D eigenvalue weighted by Gasteiger charge is -2.35. The van der Waals surface area contributed by atoms with Crippen LogP contribution in [-0.4, -0.2) is 29.1 Å². The fraction of sp³-hybridized carbons (Fsp3) is 0.714. The van der Waals surface area contributed by atoms with Gasteiger partial charge >= 0.3 is 5.97 Å². The van der Waals surface area contributed by atoms with Gasteiger partial charge in [0.25, 0.3) is 0 Å². The van der Waals surface area contributed by atoms with E-state index >= 15 is 0 Å². The van der Waals surface area contributed by atoms with Gasteiger partial charge in [-0.25, -0.2) is 4.79 Å². The van der Waals surface area contributed by atoms with Gasteiger partial charge in [0.2, 0.25) is 5.91 Å². The molecule has 0 radical (unpaired) electrons. The number of carboxylic acid groups (broad SMARTS) is 1. The molecule has 1 aliphatic carbocycles. The van der Waals surface area contributed by atoms with E-state index in [1.54, 1.807) is 6.08 Å². The molecule has 116 valence electrons. The summed E-state index contributed by atoms with van der Waals surface area (Å²) in [5.41, 5.74) is 6.49. The lowest BCUT2D eigenvalue weighted by atomic mass is 9.78. The summed E-state index contributed by atoms with van der Waals surface area (Å²) in [7, 11) is 0. The Morgan fingerprint density at radius 2 is 2.10 bits per heavy atom. The molecule has 1 aliphatic rings. The summed E-state index contributed by atoms with van der Waals surface area (Å²) in [5, 5.41) is 11.9. The van der Waals surface area contributed by atoms with E-state index in [1.165, 1.54) is 6.92 Å². The second-order valence-corrected chi connectivity index (χ2v) is 5.74. The normalized spacial score (nSPS) is 23.6. The number of carbonyl (C=O) groups is 2. The zero-order valence-electron chi connectivity index (χ0n) is 12.3. The van der Waals surface area contributed by atoms with E-state index in [2.05, 4.69) is 19.2 Å². The van der Waals surface area contributed by atoms with E-state index < -0.39 is 5.97 Å². The molecule has 4 N–H and O–H groups in total. The van der Waals surface area contributed by atoms with Crippen LogP contribution in [0.3, 0.4) is 0 Å². The lowest BCUT2D eigenvalue weighted by Crippen LogP contribution is -2.48. The third-order valence-electron chi connectivity index (χ3n) is 3.55. The average Bonchev–Trinajstić information content (AvgIpc) is 2.26. The minimum atomic E-state index is -0.895. The van der Waals surface area contributed by atoms with Crippen LogP contribution < -0.4 is 11.1 Å². The number of amides is 1. The SMILES string of the molecule is CC(=O)NC(CC(C)C)C1CC=C(C(=O)O)CC1N.Cl. The maximum atomic E-state index is 11.3. The molecule has 0 saturated carbocycles. The number of hydrogen-bond donors (Lipinski definition) is 3. The number of carboxylic acids is 1. The van der Waals surface area contributed by atoms with Gasteiger partial charge in [-0.1, -0.05) is 19.9 Å². The summed E-state index contributed by atoms with van der Waals surface area (Å²) in [6, 6.07) is -0.203. The first-order valence-electron chi connectivity index (χ1n) is 6.76. The number of allylic oxidation sites excluding steroid dienone is 1. The van der Waals surface area contributed by atoms with Gasteiger partial charge in [0, 0.05) is 24.6 Å². The molecule has 3 atom stereocenters. The van der Waals surface area contributed by atoms with Crippen molar-refractivity contribution in [3.8, 4) is 0 Å². The molecule has 0 aromatic rings. The molecular formula is C14H25ClN2O3. The molecule has 3 unspecified atom stereocenters. The molecule has 0 heterocycles. The lowest BCUT2D eigenvalue weighted by molar-refractivity contribution is -0.133. The average molecular weight is 305 g/mol. The maximum Gasteiger partial charge on any atom is 0.331 e. The Morgan fingerprint density at radius 3 is 2.50 bits per heavy atom. The second-order valence-electron chi connectivity index (χ2n) is 5.74. The van der Waals surface area contributed by atoms with Crippen LogP contribution >= 0.6 is 12.4 Å². The number of nitrogens with two attached hydrogens (primary N) is 1. The molecule has 0 aromatic heterocycles. The van der Waals surface area contributed by atoms with Gasteiger partial charge in [-0.3, -0.25) is 4.79 Å². The van der Waals surface area contributed by atoms with Crippen LogP contribution in [-0.2, 0) is 9.59 Å². The number of halogens is 1. The number of carbonyl (C=O) groups excluding carboxylic acids is 1. The molecule has 6 heteroatoms. The Bertz CT molecular complexity index is 383. The highest BCUT2D eigenvalue weighted by molar-refractivity contribution is 5.86. The molecule has 1 amide bonds. The van der Waals surface area contributed by atoms with Crippen molar-refractivity contribution < 1.29 is 14.7 Å². The highest BCUT2D eigenvalue weighted by atomic mass is 35.5. The minimum absolute atomic E-state index is 0. The summed E-state index contributed by atoms with van der Waals surface area (Å²) in [4.78, 5) is 22.2. The van der Waals surface area contributed by atoms with Crippen LogP contribution in [0.15, 0.2) is 11.6 Å². The Kier molecular flexibility index (Phi) is 7.83. The van der Waals surface area contributed by atoms with E-state index in [0.29, 0.717) is 24.3 Å². The molecule has 0 fully saturated rings. The topological polar surface area (TPSA) is 92.4 Å². The zero-order valence-corrected chi connectivity index (χ0v) is 13.1. The molecule has 0 aromatic carbocycles. The van der Waals surface area contributed by atoms with Crippen LogP contribution in [0.25, 0.3) is 0 Å². The largest absolute Gasteiger partial charge is 0.478 e. The summed E-state index contributed by atoms with van der Waals surface area (Å²) in [5.74, 6) is -0.400. The highest BCUT2D eigenvalue weighted by Gasteiger charge is 2.32. The van der Waals surface area contributed by atoms with Crippen molar-refractivity contribution in [3.63, 3.8) is 0 Å². The van der Waals surface area contributed by atoms with Crippen LogP contribution in [0.5, 0.6) is 0 Å². The summed E-state index contributed by atoms with van der Waals surface area (Å²) in [6.45, 7) is 5.70. The summed E-state index contributed by atoms with van der Waals surface area (Å²) in [6.07, 6.45) is 3.58. The van der Waals surface area contributed by atoms with Crippen molar-refractivity contribution in [1.82, 2.24) is 5.32 Å². The quantitative estimate of drug-likeness (QED) is 0.721. The molecule has 20 heavy (non-hydrogen) atoms. The van der Waals surface area contributed by atoms with Crippen molar-refractivity contribution in [3.05, 3.63) is 11.6 Å². The first kappa shape index (κ1) is 18.9. The predicted octanol–water partition coefficient (Wildman–Crippen LogP) is 1.71. The van der Waals surface area contributed by atoms with Crippen molar-refractivity contribution in [2.24, 2.45) is 17.6 Å². The monoisotopic (exact) mass is 304 g/mol. The van der Waals surface area contributed by atoms with Crippen LogP contribution in [0.1, 0.15) is 40.0 Å². The fourth-order valence-corrected chi connectivity index (χ4v) is 2.69. The van der Waals surface area contributed by atoms with Gasteiger partial charge in [-0.15, -0.1) is 12.4 Å². The Labute approximate surface area is 126 Å². The zero-order chi connectivity index (χ0) is 14.6. The van der Waals surface area contributed by atoms with Crippen molar-refractivity contribution in [1.29, 1.82) is 0 Å². The Hall–Kier alpha value is -1.07. The highest BCUT2D eigenvalue weighted by Crippen LogP contribution is 2.28. The predicted molar refractivity (Wildman–Crippen MR) is 80.7 cm³/mol. The number of rotatable bonds is 5. The van der Waals surface area contributed by atoms with Crippen molar-refractivity contribution >= 4 is 24.3 Å². The van der Waals surface area contributed by atoms with Crippen LogP contribution in [0, 0.1) is 11.8 Å². The van der Waals surface area contributed by atoms with Gasteiger partial charge in [-0.2, -0.15) is 0 Å². The van der Waals surface area contributed by atoms with Crippen molar-refractivity contribution in [2.75, 3.05) is 0 Å². The number of nitrogens with one attached hydrogen (secondary N) is 1. The summed E-state index contributed by atoms with van der Waals surface area (Å²) >= 11 is 0. The summed E-state index contributed by atoms with van der Waals surface area (Å²) < 4.78 is 0. The number of hydrogen-bond acceptors (Lipinski definition) is 3. The molecule has 0 saturated heterocycles. The third-order valence-corrected chi connectivity index (χ3v) is 3.55. The third kappa shape index (κ3) is 5.51. The van der Waals surface area contributed by atoms with Gasteiger partial charge in [0.05, 0.1) is 0 Å². The van der Waals surface area contributed by atoms with E-state index in [4.69, 9.17) is 10.8 Å². The first-order chi connectivity index (χ1) is 8.81. The fourth-order valence-electron chi connectivity index (χ4n) is 2.69. The minimum Gasteiger partial charge on any atom is -0.478 e. The number of aliphatic carboxylic acids is 1. The maximum absolute atomic E-state index is 11.3.